The molecule has 1 aromatic carbocycles. The van der Waals surface area contributed by atoms with Gasteiger partial charge in [-0.05, 0) is 41.2 Å². The van der Waals surface area contributed by atoms with Gasteiger partial charge in [-0.2, -0.15) is 0 Å². The van der Waals surface area contributed by atoms with E-state index in [0.717, 1.165) is 0 Å². The summed E-state index contributed by atoms with van der Waals surface area (Å²) in [4.78, 5) is 4.05. The minimum Gasteiger partial charge on any atom is -0.481 e. The van der Waals surface area contributed by atoms with Crippen LogP contribution in [0.2, 0.25) is 0 Å². The highest BCUT2D eigenvalue weighted by atomic mass is 79.9. The number of hydrogen-bond donors (Lipinski definition) is 1. The third-order valence-corrected chi connectivity index (χ3v) is 3.57. The summed E-state index contributed by atoms with van der Waals surface area (Å²) in [6.45, 7) is 0. The van der Waals surface area contributed by atoms with E-state index in [1.807, 2.05) is 0 Å². The van der Waals surface area contributed by atoms with Gasteiger partial charge in [-0.15, -0.1) is 0 Å². The van der Waals surface area contributed by atoms with Gasteiger partial charge in [0, 0.05) is 17.3 Å². The van der Waals surface area contributed by atoms with Gasteiger partial charge in [0.25, 0.3) is 0 Å². The first-order chi connectivity index (χ1) is 9.60. The smallest absolute Gasteiger partial charge is 0.218 e. The monoisotopic (exact) mass is 342 g/mol. The van der Waals surface area contributed by atoms with Gasteiger partial charge in [0.2, 0.25) is 5.88 Å². The van der Waals surface area contributed by atoms with Crippen LogP contribution in [0.5, 0.6) is 5.88 Å². The Balaban J connectivity index is 2.62. The second-order valence-corrected chi connectivity index (χ2v) is 4.93. The van der Waals surface area contributed by atoms with E-state index in [9.17, 15) is 8.78 Å². The zero-order valence-electron chi connectivity index (χ0n) is 11.0. The highest BCUT2D eigenvalue weighted by molar-refractivity contribution is 9.10. The number of benzene rings is 1. The minimum absolute atomic E-state index is 0.0758. The Hall–Kier alpha value is -1.53. The fourth-order valence-electron chi connectivity index (χ4n) is 2.06. The van der Waals surface area contributed by atoms with Crippen molar-refractivity contribution in [2.24, 2.45) is 0 Å². The predicted octanol–water partition coefficient (Wildman–Crippen LogP) is 3.44. The van der Waals surface area contributed by atoms with Crippen LogP contribution in [0.1, 0.15) is 17.2 Å². The van der Waals surface area contributed by atoms with Gasteiger partial charge in [0.1, 0.15) is 11.6 Å². The predicted molar refractivity (Wildman–Crippen MR) is 75.7 cm³/mol. The van der Waals surface area contributed by atoms with Gasteiger partial charge in [0.15, 0.2) is 0 Å². The second-order valence-electron chi connectivity index (χ2n) is 4.08. The second kappa shape index (κ2) is 6.28. The number of pyridine rings is 1. The van der Waals surface area contributed by atoms with Crippen LogP contribution in [0.3, 0.4) is 0 Å². The minimum atomic E-state index is -0.698. The molecule has 0 spiro atoms. The van der Waals surface area contributed by atoms with Crippen molar-refractivity contribution in [3.05, 3.63) is 57.7 Å². The molecule has 1 aromatic heterocycles. The van der Waals surface area contributed by atoms with E-state index >= 15 is 0 Å². The van der Waals surface area contributed by atoms with Crippen molar-refractivity contribution >= 4 is 15.9 Å². The zero-order chi connectivity index (χ0) is 14.7. The largest absolute Gasteiger partial charge is 0.481 e. The van der Waals surface area contributed by atoms with E-state index in [2.05, 4.69) is 26.2 Å². The standard InChI is InChI=1S/C14H13BrF2N2O/c1-18-13(8-4-3-7-19-14(8)20-2)11-10(16)6-5-9(15)12(11)17/h3-7,13,18H,1-2H3. The summed E-state index contributed by atoms with van der Waals surface area (Å²) >= 11 is 3.07. The number of aromatic nitrogens is 1. The number of methoxy groups -OCH3 is 1. The van der Waals surface area contributed by atoms with Crippen LogP contribution in [0.25, 0.3) is 0 Å². The Bertz CT molecular complexity index is 622. The van der Waals surface area contributed by atoms with Crippen molar-refractivity contribution in [3.63, 3.8) is 0 Å². The average Bonchev–Trinajstić information content (AvgIpc) is 2.47. The Morgan fingerprint density at radius 3 is 2.70 bits per heavy atom. The van der Waals surface area contributed by atoms with Gasteiger partial charge in [-0.3, -0.25) is 0 Å². The fraction of sp³-hybridized carbons (Fsp3) is 0.214. The van der Waals surface area contributed by atoms with Crippen molar-refractivity contribution in [1.82, 2.24) is 10.3 Å². The Labute approximate surface area is 124 Å². The van der Waals surface area contributed by atoms with Crippen LogP contribution in [0.4, 0.5) is 8.78 Å². The molecule has 2 rings (SSSR count). The molecule has 0 saturated carbocycles. The fourth-order valence-corrected chi connectivity index (χ4v) is 2.40. The van der Waals surface area contributed by atoms with E-state index in [1.165, 1.54) is 19.2 Å². The van der Waals surface area contributed by atoms with Crippen molar-refractivity contribution in [3.8, 4) is 5.88 Å². The highest BCUT2D eigenvalue weighted by Gasteiger charge is 2.25. The molecule has 1 atom stereocenters. The summed E-state index contributed by atoms with van der Waals surface area (Å²) in [5.41, 5.74) is 0.488. The molecule has 0 aliphatic rings. The van der Waals surface area contributed by atoms with Gasteiger partial charge < -0.3 is 10.1 Å². The molecule has 1 heterocycles. The van der Waals surface area contributed by atoms with Gasteiger partial charge in [0.05, 0.1) is 17.6 Å². The maximum atomic E-state index is 14.2. The Morgan fingerprint density at radius 2 is 2.05 bits per heavy atom. The molecule has 0 fully saturated rings. The van der Waals surface area contributed by atoms with Crippen molar-refractivity contribution in [2.45, 2.75) is 6.04 Å². The van der Waals surface area contributed by atoms with E-state index < -0.39 is 17.7 Å². The Kier molecular flexibility index (Phi) is 4.67. The van der Waals surface area contributed by atoms with Crippen LogP contribution in [-0.4, -0.2) is 19.1 Å². The molecule has 0 aliphatic carbocycles. The maximum Gasteiger partial charge on any atom is 0.218 e. The molecule has 0 amide bonds. The van der Waals surface area contributed by atoms with Crippen molar-refractivity contribution < 1.29 is 13.5 Å². The lowest BCUT2D eigenvalue weighted by atomic mass is 9.98. The first-order valence-electron chi connectivity index (χ1n) is 5.89. The molecular weight excluding hydrogens is 330 g/mol. The van der Waals surface area contributed by atoms with Gasteiger partial charge in [-0.25, -0.2) is 13.8 Å². The summed E-state index contributed by atoms with van der Waals surface area (Å²) in [5.74, 6) is -0.947. The molecule has 2 aromatic rings. The first-order valence-corrected chi connectivity index (χ1v) is 6.69. The summed E-state index contributed by atoms with van der Waals surface area (Å²) < 4.78 is 33.6. The van der Waals surface area contributed by atoms with Crippen LogP contribution >= 0.6 is 15.9 Å². The van der Waals surface area contributed by atoms with E-state index in [-0.39, 0.29) is 10.0 Å². The summed E-state index contributed by atoms with van der Waals surface area (Å²) in [6, 6.07) is 5.26. The molecule has 0 bridgehead atoms. The number of ether oxygens (including phenoxy) is 1. The molecule has 6 heteroatoms. The molecule has 1 N–H and O–H groups in total. The molecule has 0 radical (unpaired) electrons. The van der Waals surface area contributed by atoms with Crippen LogP contribution in [0, 0.1) is 11.6 Å². The van der Waals surface area contributed by atoms with Crippen molar-refractivity contribution in [2.75, 3.05) is 14.2 Å². The quantitative estimate of drug-likeness (QED) is 0.864. The number of rotatable bonds is 4. The SMILES string of the molecule is CNC(c1cccnc1OC)c1c(F)ccc(Br)c1F. The molecule has 0 aliphatic heterocycles. The molecule has 106 valence electrons. The van der Waals surface area contributed by atoms with Crippen molar-refractivity contribution in [1.29, 1.82) is 0 Å². The summed E-state index contributed by atoms with van der Waals surface area (Å²) in [7, 11) is 3.09. The molecule has 20 heavy (non-hydrogen) atoms. The van der Waals surface area contributed by atoms with Crippen LogP contribution < -0.4 is 10.1 Å². The molecule has 0 saturated heterocycles. The van der Waals surface area contributed by atoms with Crippen LogP contribution in [-0.2, 0) is 0 Å². The summed E-state index contributed by atoms with van der Waals surface area (Å²) in [6.07, 6.45) is 1.56. The molecular formula is C14H13BrF2N2O. The number of halogens is 3. The zero-order valence-corrected chi connectivity index (χ0v) is 12.5. The van der Waals surface area contributed by atoms with E-state index in [4.69, 9.17) is 4.74 Å². The average molecular weight is 343 g/mol. The molecule has 1 unspecified atom stereocenters. The Morgan fingerprint density at radius 1 is 1.30 bits per heavy atom. The third kappa shape index (κ3) is 2.66. The lowest BCUT2D eigenvalue weighted by molar-refractivity contribution is 0.386. The van der Waals surface area contributed by atoms with Gasteiger partial charge >= 0.3 is 0 Å². The van der Waals surface area contributed by atoms with Crippen LogP contribution in [0.15, 0.2) is 34.9 Å². The third-order valence-electron chi connectivity index (χ3n) is 2.96. The normalized spacial score (nSPS) is 12.2. The topological polar surface area (TPSA) is 34.2 Å². The summed E-state index contributed by atoms with van der Waals surface area (Å²) in [5, 5.41) is 2.90. The number of nitrogens with one attached hydrogen (secondary N) is 1. The van der Waals surface area contributed by atoms with E-state index in [0.29, 0.717) is 11.4 Å². The number of nitrogens with zero attached hydrogens (tertiary/aromatic N) is 1. The molecule has 3 nitrogen and oxygen atoms in total. The lowest BCUT2D eigenvalue weighted by Gasteiger charge is -2.20. The lowest BCUT2D eigenvalue weighted by Crippen LogP contribution is -2.21. The maximum absolute atomic E-state index is 14.2. The van der Waals surface area contributed by atoms with E-state index in [1.54, 1.807) is 25.4 Å². The van der Waals surface area contributed by atoms with Gasteiger partial charge in [-0.1, -0.05) is 6.07 Å². The first kappa shape index (κ1) is 14.9. The number of hydrogen-bond acceptors (Lipinski definition) is 3. The highest BCUT2D eigenvalue weighted by Crippen LogP contribution is 2.33.